The minimum absolute atomic E-state index is 0.220. The molecule has 1 aliphatic rings. The van der Waals surface area contributed by atoms with Crippen LogP contribution < -0.4 is 20.8 Å². The highest BCUT2D eigenvalue weighted by Gasteiger charge is 2.22. The number of hydrogen-bond acceptors (Lipinski definition) is 10. The molecular formula is C17H25N7O3. The average Bonchev–Trinajstić information content (AvgIpc) is 3.01. The van der Waals surface area contributed by atoms with E-state index in [2.05, 4.69) is 25.4 Å². The molecule has 0 atom stereocenters. The van der Waals surface area contributed by atoms with E-state index in [1.165, 1.54) is 0 Å². The number of likely N-dealkylation sites (N-methyl/N-ethyl adjacent to an activating group) is 1. The van der Waals surface area contributed by atoms with Crippen LogP contribution in [0.4, 0.5) is 5.95 Å². The van der Waals surface area contributed by atoms with E-state index in [9.17, 15) is 0 Å². The van der Waals surface area contributed by atoms with Crippen LogP contribution >= 0.6 is 0 Å². The van der Waals surface area contributed by atoms with Crippen molar-refractivity contribution in [1.82, 2.24) is 20.3 Å². The number of hydrogen-bond donors (Lipinski definition) is 2. The highest BCUT2D eigenvalue weighted by Crippen LogP contribution is 2.19. The number of nitrogens with one attached hydrogen (secondary N) is 1. The molecule has 0 amide bonds. The van der Waals surface area contributed by atoms with E-state index in [0.29, 0.717) is 62.7 Å². The van der Waals surface area contributed by atoms with Gasteiger partial charge in [0, 0.05) is 19.6 Å². The molecule has 3 N–H and O–H groups in total. The number of aryl methyl sites for hydroxylation is 2. The Hall–Kier alpha value is -2.72. The van der Waals surface area contributed by atoms with E-state index >= 15 is 0 Å². The molecule has 0 radical (unpaired) electrons. The number of nitrogens with zero attached hydrogens (tertiary/aromatic N) is 5. The Balaban J connectivity index is 1.97. The number of aromatic nitrogens is 3. The summed E-state index contributed by atoms with van der Waals surface area (Å²) in [5.74, 6) is 7.75. The molecule has 10 nitrogen and oxygen atoms in total. The summed E-state index contributed by atoms with van der Waals surface area (Å²) in [6.07, 6.45) is 0. The Morgan fingerprint density at radius 2 is 2.07 bits per heavy atom. The summed E-state index contributed by atoms with van der Waals surface area (Å²) in [4.78, 5) is 15.4. The second kappa shape index (κ2) is 8.78. The van der Waals surface area contributed by atoms with Crippen molar-refractivity contribution in [3.05, 3.63) is 29.0 Å². The Labute approximate surface area is 157 Å². The molecule has 146 valence electrons. The Morgan fingerprint density at radius 1 is 1.30 bits per heavy atom. The SMILES string of the molecule is CNCCOc1nc(/C(=N\N)c2cc(C)c(C)o2)nc(N2CCOCC2)n1. The summed E-state index contributed by atoms with van der Waals surface area (Å²) in [6.45, 7) is 7.54. The summed E-state index contributed by atoms with van der Waals surface area (Å²) in [5, 5.41) is 6.88. The molecule has 1 fully saturated rings. The van der Waals surface area contributed by atoms with Crippen LogP contribution in [0.3, 0.4) is 0 Å². The molecule has 0 bridgehead atoms. The van der Waals surface area contributed by atoms with Crippen molar-refractivity contribution in [3.8, 4) is 6.01 Å². The highest BCUT2D eigenvalue weighted by molar-refractivity contribution is 6.08. The lowest BCUT2D eigenvalue weighted by Crippen LogP contribution is -2.38. The highest BCUT2D eigenvalue weighted by atomic mass is 16.5. The lowest BCUT2D eigenvalue weighted by Gasteiger charge is -2.27. The first-order valence-electron chi connectivity index (χ1n) is 8.84. The molecule has 0 saturated carbocycles. The molecule has 3 rings (SSSR count). The monoisotopic (exact) mass is 375 g/mol. The average molecular weight is 375 g/mol. The molecule has 0 aliphatic carbocycles. The third-order valence-electron chi connectivity index (χ3n) is 4.22. The Morgan fingerprint density at radius 3 is 2.70 bits per heavy atom. The van der Waals surface area contributed by atoms with Crippen molar-refractivity contribution in [2.45, 2.75) is 13.8 Å². The first-order valence-corrected chi connectivity index (χ1v) is 8.84. The zero-order chi connectivity index (χ0) is 19.2. The van der Waals surface area contributed by atoms with Gasteiger partial charge in [-0.15, -0.1) is 0 Å². The van der Waals surface area contributed by atoms with E-state index < -0.39 is 0 Å². The van der Waals surface area contributed by atoms with Crippen LogP contribution in [-0.2, 0) is 4.74 Å². The van der Waals surface area contributed by atoms with Gasteiger partial charge in [-0.25, -0.2) is 0 Å². The molecule has 1 saturated heterocycles. The third-order valence-corrected chi connectivity index (χ3v) is 4.22. The molecule has 1 aliphatic heterocycles. The van der Waals surface area contributed by atoms with Crippen molar-refractivity contribution in [3.63, 3.8) is 0 Å². The fraction of sp³-hybridized carbons (Fsp3) is 0.529. The minimum Gasteiger partial charge on any atom is -0.462 e. The second-order valence-corrected chi connectivity index (χ2v) is 6.12. The Bertz CT molecular complexity index is 780. The molecule has 0 spiro atoms. The quantitative estimate of drug-likeness (QED) is 0.303. The molecule has 3 heterocycles. The molecule has 0 aromatic carbocycles. The van der Waals surface area contributed by atoms with E-state index in [-0.39, 0.29) is 6.01 Å². The van der Waals surface area contributed by atoms with Gasteiger partial charge in [0.1, 0.15) is 12.4 Å². The number of ether oxygens (including phenoxy) is 2. The van der Waals surface area contributed by atoms with E-state index in [1.54, 1.807) is 0 Å². The summed E-state index contributed by atoms with van der Waals surface area (Å²) >= 11 is 0. The van der Waals surface area contributed by atoms with Crippen LogP contribution in [0, 0.1) is 13.8 Å². The molecule has 27 heavy (non-hydrogen) atoms. The summed E-state index contributed by atoms with van der Waals surface area (Å²) in [5.41, 5.74) is 1.35. The third kappa shape index (κ3) is 4.52. The molecule has 2 aromatic heterocycles. The van der Waals surface area contributed by atoms with Crippen molar-refractivity contribution in [2.24, 2.45) is 10.9 Å². The normalized spacial score (nSPS) is 15.2. The van der Waals surface area contributed by atoms with Crippen molar-refractivity contribution in [2.75, 3.05) is 51.4 Å². The molecule has 10 heteroatoms. The molecule has 2 aromatic rings. The summed E-state index contributed by atoms with van der Waals surface area (Å²) in [6, 6.07) is 2.08. The zero-order valence-corrected chi connectivity index (χ0v) is 15.9. The number of nitrogens with two attached hydrogens (primary N) is 1. The van der Waals surface area contributed by atoms with Crippen molar-refractivity contribution in [1.29, 1.82) is 0 Å². The van der Waals surface area contributed by atoms with Gasteiger partial charge < -0.3 is 30.0 Å². The van der Waals surface area contributed by atoms with Gasteiger partial charge in [-0.1, -0.05) is 0 Å². The van der Waals surface area contributed by atoms with Crippen LogP contribution in [0.15, 0.2) is 15.6 Å². The van der Waals surface area contributed by atoms with Crippen LogP contribution in [0.25, 0.3) is 0 Å². The van der Waals surface area contributed by atoms with Crippen LogP contribution in [0.5, 0.6) is 6.01 Å². The zero-order valence-electron chi connectivity index (χ0n) is 15.9. The Kier molecular flexibility index (Phi) is 6.20. The second-order valence-electron chi connectivity index (χ2n) is 6.12. The van der Waals surface area contributed by atoms with Gasteiger partial charge in [0.05, 0.1) is 13.2 Å². The van der Waals surface area contributed by atoms with Crippen LogP contribution in [0.2, 0.25) is 0 Å². The van der Waals surface area contributed by atoms with Gasteiger partial charge >= 0.3 is 6.01 Å². The molecule has 0 unspecified atom stereocenters. The van der Waals surface area contributed by atoms with E-state index in [4.69, 9.17) is 19.7 Å². The lowest BCUT2D eigenvalue weighted by molar-refractivity contribution is 0.122. The number of hydrazone groups is 1. The van der Waals surface area contributed by atoms with E-state index in [1.807, 2.05) is 31.9 Å². The molecular weight excluding hydrogens is 350 g/mol. The number of morpholine rings is 1. The largest absolute Gasteiger partial charge is 0.462 e. The summed E-state index contributed by atoms with van der Waals surface area (Å²) < 4.78 is 16.8. The van der Waals surface area contributed by atoms with Crippen LogP contribution in [0.1, 0.15) is 22.9 Å². The first-order chi connectivity index (χ1) is 13.1. The maximum atomic E-state index is 5.75. The van der Waals surface area contributed by atoms with Gasteiger partial charge in [0.25, 0.3) is 0 Å². The smallest absolute Gasteiger partial charge is 0.321 e. The number of rotatable bonds is 7. The predicted molar refractivity (Wildman–Crippen MR) is 100 cm³/mol. The standard InChI is InChI=1S/C17H25N7O3/c1-11-10-13(27-12(11)2)14(23-18)15-20-16(24-5-8-25-9-6-24)22-17(21-15)26-7-4-19-3/h10,19H,4-9,18H2,1-3H3/b23-14-. The minimum atomic E-state index is 0.220. The van der Waals surface area contributed by atoms with Gasteiger partial charge in [-0.3, -0.25) is 0 Å². The fourth-order valence-electron chi connectivity index (χ4n) is 2.59. The lowest BCUT2D eigenvalue weighted by atomic mass is 10.2. The topological polar surface area (TPSA) is 124 Å². The summed E-state index contributed by atoms with van der Waals surface area (Å²) in [7, 11) is 1.85. The van der Waals surface area contributed by atoms with Crippen molar-refractivity contribution < 1.29 is 13.9 Å². The first kappa shape index (κ1) is 19.1. The van der Waals surface area contributed by atoms with Gasteiger partial charge in [-0.05, 0) is 32.5 Å². The van der Waals surface area contributed by atoms with Gasteiger partial charge in [-0.2, -0.15) is 20.1 Å². The number of furan rings is 1. The maximum Gasteiger partial charge on any atom is 0.321 e. The van der Waals surface area contributed by atoms with Gasteiger partial charge in [0.2, 0.25) is 5.95 Å². The van der Waals surface area contributed by atoms with Gasteiger partial charge in [0.15, 0.2) is 17.3 Å². The fourth-order valence-corrected chi connectivity index (χ4v) is 2.59. The predicted octanol–water partition coefficient (Wildman–Crippen LogP) is 0.227. The maximum absolute atomic E-state index is 5.75. The van der Waals surface area contributed by atoms with Crippen molar-refractivity contribution >= 4 is 11.7 Å². The van der Waals surface area contributed by atoms with Crippen LogP contribution in [-0.4, -0.2) is 67.2 Å². The van der Waals surface area contributed by atoms with E-state index in [0.717, 1.165) is 11.3 Å². The number of anilines is 1.